The van der Waals surface area contributed by atoms with Crippen molar-refractivity contribution in [2.45, 2.75) is 53.0 Å². The van der Waals surface area contributed by atoms with Crippen molar-refractivity contribution in [3.05, 3.63) is 29.3 Å². The summed E-state index contributed by atoms with van der Waals surface area (Å²) in [6, 6.07) is 5.77. The Balaban J connectivity index is 2.83. The third kappa shape index (κ3) is 4.27. The molecule has 0 aliphatic heterocycles. The summed E-state index contributed by atoms with van der Waals surface area (Å²) >= 11 is 0. The van der Waals surface area contributed by atoms with E-state index in [4.69, 9.17) is 5.73 Å². The van der Waals surface area contributed by atoms with Crippen molar-refractivity contribution in [2.24, 2.45) is 0 Å². The fourth-order valence-corrected chi connectivity index (χ4v) is 2.07. The number of nitrogen functional groups attached to an aromatic ring is 1. The molecule has 0 aromatic heterocycles. The summed E-state index contributed by atoms with van der Waals surface area (Å²) in [5.41, 5.74) is 8.27. The van der Waals surface area contributed by atoms with Crippen LogP contribution in [0.4, 0.5) is 5.69 Å². The first-order valence-electron chi connectivity index (χ1n) is 7.14. The molecular formula is C16H26N2O. The monoisotopic (exact) mass is 262 g/mol. The number of unbranched alkanes of at least 4 members (excludes halogenated alkanes) is 2. The van der Waals surface area contributed by atoms with Gasteiger partial charge in [-0.1, -0.05) is 25.8 Å². The SMILES string of the molecule is CCCCCN(C(=O)c1ccc(C)c(N)c1)C(C)C. The predicted molar refractivity (Wildman–Crippen MR) is 81.3 cm³/mol. The first kappa shape index (κ1) is 15.5. The zero-order valence-electron chi connectivity index (χ0n) is 12.6. The van der Waals surface area contributed by atoms with E-state index in [1.807, 2.05) is 24.0 Å². The topological polar surface area (TPSA) is 46.3 Å². The number of benzene rings is 1. The molecule has 1 amide bonds. The molecule has 0 saturated carbocycles. The van der Waals surface area contributed by atoms with Gasteiger partial charge in [0, 0.05) is 23.8 Å². The molecule has 2 N–H and O–H groups in total. The fraction of sp³-hybridized carbons (Fsp3) is 0.562. The molecule has 3 nitrogen and oxygen atoms in total. The summed E-state index contributed by atoms with van der Waals surface area (Å²) in [4.78, 5) is 14.4. The van der Waals surface area contributed by atoms with Crippen LogP contribution in [0.3, 0.4) is 0 Å². The maximum absolute atomic E-state index is 12.5. The Hall–Kier alpha value is -1.51. The van der Waals surface area contributed by atoms with Gasteiger partial charge in [0.25, 0.3) is 5.91 Å². The number of aryl methyl sites for hydroxylation is 1. The second-order valence-corrected chi connectivity index (χ2v) is 5.37. The van der Waals surface area contributed by atoms with Gasteiger partial charge >= 0.3 is 0 Å². The van der Waals surface area contributed by atoms with Gasteiger partial charge in [-0.15, -0.1) is 0 Å². The Labute approximate surface area is 116 Å². The van der Waals surface area contributed by atoms with Crippen LogP contribution >= 0.6 is 0 Å². The van der Waals surface area contributed by atoms with E-state index in [9.17, 15) is 4.79 Å². The van der Waals surface area contributed by atoms with E-state index in [-0.39, 0.29) is 11.9 Å². The van der Waals surface area contributed by atoms with Gasteiger partial charge in [0.2, 0.25) is 0 Å². The van der Waals surface area contributed by atoms with Crippen LogP contribution in [0, 0.1) is 6.92 Å². The number of carbonyl (C=O) groups is 1. The average Bonchev–Trinajstić information content (AvgIpc) is 2.37. The Morgan fingerprint density at radius 1 is 1.32 bits per heavy atom. The van der Waals surface area contributed by atoms with E-state index < -0.39 is 0 Å². The lowest BCUT2D eigenvalue weighted by molar-refractivity contribution is 0.0702. The number of hydrogen-bond donors (Lipinski definition) is 1. The number of amides is 1. The third-order valence-electron chi connectivity index (χ3n) is 3.41. The summed E-state index contributed by atoms with van der Waals surface area (Å²) in [6.07, 6.45) is 3.38. The van der Waals surface area contributed by atoms with Gasteiger partial charge < -0.3 is 10.6 Å². The van der Waals surface area contributed by atoms with Crippen molar-refractivity contribution in [3.63, 3.8) is 0 Å². The minimum atomic E-state index is 0.0813. The average molecular weight is 262 g/mol. The van der Waals surface area contributed by atoms with E-state index in [0.717, 1.165) is 31.4 Å². The first-order valence-corrected chi connectivity index (χ1v) is 7.14. The van der Waals surface area contributed by atoms with Crippen LogP contribution in [0.25, 0.3) is 0 Å². The molecule has 0 aliphatic carbocycles. The van der Waals surface area contributed by atoms with E-state index in [0.29, 0.717) is 11.3 Å². The molecule has 0 bridgehead atoms. The smallest absolute Gasteiger partial charge is 0.254 e. The molecule has 1 aromatic rings. The summed E-state index contributed by atoms with van der Waals surface area (Å²) in [5, 5.41) is 0. The zero-order chi connectivity index (χ0) is 14.4. The van der Waals surface area contributed by atoms with Crippen LogP contribution in [0.2, 0.25) is 0 Å². The lowest BCUT2D eigenvalue weighted by Crippen LogP contribution is -2.37. The Morgan fingerprint density at radius 2 is 2.00 bits per heavy atom. The lowest BCUT2D eigenvalue weighted by Gasteiger charge is -2.27. The van der Waals surface area contributed by atoms with Crippen LogP contribution in [0.15, 0.2) is 18.2 Å². The van der Waals surface area contributed by atoms with Crippen molar-refractivity contribution in [1.29, 1.82) is 0 Å². The second-order valence-electron chi connectivity index (χ2n) is 5.37. The normalized spacial score (nSPS) is 10.8. The maximum Gasteiger partial charge on any atom is 0.254 e. The summed E-state index contributed by atoms with van der Waals surface area (Å²) in [6.45, 7) is 9.05. The van der Waals surface area contributed by atoms with E-state index >= 15 is 0 Å². The van der Waals surface area contributed by atoms with Gasteiger partial charge in [-0.3, -0.25) is 4.79 Å². The molecule has 19 heavy (non-hydrogen) atoms. The molecule has 0 unspecified atom stereocenters. The molecular weight excluding hydrogens is 236 g/mol. The molecule has 1 rings (SSSR count). The van der Waals surface area contributed by atoms with Crippen molar-refractivity contribution >= 4 is 11.6 Å². The van der Waals surface area contributed by atoms with Gasteiger partial charge in [0.15, 0.2) is 0 Å². The highest BCUT2D eigenvalue weighted by Crippen LogP contribution is 2.16. The van der Waals surface area contributed by atoms with Crippen LogP contribution in [-0.4, -0.2) is 23.4 Å². The minimum Gasteiger partial charge on any atom is -0.398 e. The number of carbonyl (C=O) groups excluding carboxylic acids is 1. The highest BCUT2D eigenvalue weighted by molar-refractivity contribution is 5.95. The number of hydrogen-bond acceptors (Lipinski definition) is 2. The molecule has 106 valence electrons. The first-order chi connectivity index (χ1) is 8.97. The highest BCUT2D eigenvalue weighted by atomic mass is 16.2. The van der Waals surface area contributed by atoms with Crippen LogP contribution in [0.1, 0.15) is 56.0 Å². The lowest BCUT2D eigenvalue weighted by atomic mass is 10.1. The quantitative estimate of drug-likeness (QED) is 0.628. The molecule has 0 atom stereocenters. The van der Waals surface area contributed by atoms with Crippen molar-refractivity contribution in [1.82, 2.24) is 4.90 Å². The second kappa shape index (κ2) is 7.17. The van der Waals surface area contributed by atoms with Gasteiger partial charge in [0.1, 0.15) is 0 Å². The molecule has 0 saturated heterocycles. The van der Waals surface area contributed by atoms with Crippen molar-refractivity contribution in [3.8, 4) is 0 Å². The standard InChI is InChI=1S/C16H26N2O/c1-5-6-7-10-18(12(2)3)16(19)14-9-8-13(4)15(17)11-14/h8-9,11-12H,5-7,10,17H2,1-4H3. The Bertz CT molecular complexity index is 427. The molecule has 3 heteroatoms. The summed E-state index contributed by atoms with van der Waals surface area (Å²) in [5.74, 6) is 0.0813. The fourth-order valence-electron chi connectivity index (χ4n) is 2.07. The van der Waals surface area contributed by atoms with E-state index in [1.54, 1.807) is 6.07 Å². The number of nitrogens with two attached hydrogens (primary N) is 1. The van der Waals surface area contributed by atoms with Crippen LogP contribution < -0.4 is 5.73 Å². The molecule has 1 aromatic carbocycles. The largest absolute Gasteiger partial charge is 0.398 e. The van der Waals surface area contributed by atoms with Crippen molar-refractivity contribution in [2.75, 3.05) is 12.3 Å². The van der Waals surface area contributed by atoms with Gasteiger partial charge in [-0.05, 0) is 44.9 Å². The minimum absolute atomic E-state index is 0.0813. The van der Waals surface area contributed by atoms with Gasteiger partial charge in [-0.25, -0.2) is 0 Å². The van der Waals surface area contributed by atoms with Crippen molar-refractivity contribution < 1.29 is 4.79 Å². The van der Waals surface area contributed by atoms with Crippen LogP contribution in [0.5, 0.6) is 0 Å². The molecule has 0 spiro atoms. The summed E-state index contributed by atoms with van der Waals surface area (Å²) < 4.78 is 0. The van der Waals surface area contributed by atoms with Gasteiger partial charge in [0.05, 0.1) is 0 Å². The Morgan fingerprint density at radius 3 is 2.53 bits per heavy atom. The predicted octanol–water partition coefficient (Wildman–Crippen LogP) is 3.62. The highest BCUT2D eigenvalue weighted by Gasteiger charge is 2.18. The number of nitrogens with zero attached hydrogens (tertiary/aromatic N) is 1. The third-order valence-corrected chi connectivity index (χ3v) is 3.41. The molecule has 0 radical (unpaired) electrons. The van der Waals surface area contributed by atoms with Crippen LogP contribution in [-0.2, 0) is 0 Å². The number of anilines is 1. The number of rotatable bonds is 6. The maximum atomic E-state index is 12.5. The molecule has 0 fully saturated rings. The van der Waals surface area contributed by atoms with E-state index in [2.05, 4.69) is 20.8 Å². The van der Waals surface area contributed by atoms with E-state index in [1.165, 1.54) is 0 Å². The molecule has 0 heterocycles. The Kier molecular flexibility index (Phi) is 5.87. The summed E-state index contributed by atoms with van der Waals surface area (Å²) in [7, 11) is 0. The zero-order valence-corrected chi connectivity index (χ0v) is 12.6. The van der Waals surface area contributed by atoms with Gasteiger partial charge in [-0.2, -0.15) is 0 Å². The molecule has 0 aliphatic rings.